The number of piperidine rings is 1. The first-order chi connectivity index (χ1) is 9.49. The summed E-state index contributed by atoms with van der Waals surface area (Å²) in [7, 11) is 0. The molecule has 1 aromatic carbocycles. The molecule has 2 rings (SSSR count). The highest BCUT2D eigenvalue weighted by molar-refractivity contribution is 5.97. The molecule has 0 aliphatic carbocycles. The van der Waals surface area contributed by atoms with Crippen LogP contribution in [0.1, 0.15) is 52.0 Å². The van der Waals surface area contributed by atoms with Crippen molar-refractivity contribution in [3.8, 4) is 0 Å². The zero-order valence-corrected chi connectivity index (χ0v) is 13.0. The lowest BCUT2D eigenvalue weighted by atomic mass is 10.0. The monoisotopic (exact) mass is 274 g/mol. The number of nitrogens with one attached hydrogen (secondary N) is 1. The Morgan fingerprint density at radius 2 is 1.80 bits per heavy atom. The van der Waals surface area contributed by atoms with Crippen LogP contribution in [-0.4, -0.2) is 24.5 Å². The number of rotatable bonds is 4. The highest BCUT2D eigenvalue weighted by atomic mass is 16.2. The van der Waals surface area contributed by atoms with E-state index in [1.54, 1.807) is 0 Å². The van der Waals surface area contributed by atoms with Crippen molar-refractivity contribution in [2.75, 3.05) is 11.4 Å². The lowest BCUT2D eigenvalue weighted by Crippen LogP contribution is -2.52. The van der Waals surface area contributed by atoms with E-state index >= 15 is 0 Å². The van der Waals surface area contributed by atoms with Crippen LogP contribution < -0.4 is 10.2 Å². The molecule has 0 radical (unpaired) electrons. The predicted octanol–water partition coefficient (Wildman–Crippen LogP) is 3.30. The molecule has 0 saturated carbocycles. The number of benzene rings is 1. The minimum absolute atomic E-state index is 0.0338. The Bertz CT molecular complexity index is 451. The zero-order valence-electron chi connectivity index (χ0n) is 13.0. The molecule has 3 heteroatoms. The first-order valence-corrected chi connectivity index (χ1v) is 7.66. The second-order valence-corrected chi connectivity index (χ2v) is 6.25. The largest absolute Gasteiger partial charge is 0.311 e. The molecule has 1 atom stereocenters. The van der Waals surface area contributed by atoms with Gasteiger partial charge in [0.25, 0.3) is 0 Å². The van der Waals surface area contributed by atoms with Crippen molar-refractivity contribution >= 4 is 11.6 Å². The van der Waals surface area contributed by atoms with E-state index < -0.39 is 0 Å². The second kappa shape index (κ2) is 6.40. The van der Waals surface area contributed by atoms with Gasteiger partial charge >= 0.3 is 0 Å². The number of amides is 1. The third-order valence-electron chi connectivity index (χ3n) is 3.84. The lowest BCUT2D eigenvalue weighted by molar-refractivity contribution is -0.121. The first kappa shape index (κ1) is 15.0. The molecule has 0 spiro atoms. The molecule has 1 N–H and O–H groups in total. The predicted molar refractivity (Wildman–Crippen MR) is 84.2 cm³/mol. The van der Waals surface area contributed by atoms with E-state index in [2.05, 4.69) is 57.3 Å². The first-order valence-electron chi connectivity index (χ1n) is 7.66. The Morgan fingerprint density at radius 3 is 2.35 bits per heavy atom. The summed E-state index contributed by atoms with van der Waals surface area (Å²) in [5, 5.41) is 3.37. The van der Waals surface area contributed by atoms with Gasteiger partial charge in [-0.05, 0) is 36.5 Å². The third-order valence-corrected chi connectivity index (χ3v) is 3.84. The second-order valence-electron chi connectivity index (χ2n) is 6.25. The van der Waals surface area contributed by atoms with Crippen LogP contribution in [0.2, 0.25) is 0 Å². The zero-order chi connectivity index (χ0) is 14.7. The normalized spacial score (nSPS) is 20.0. The number of nitrogens with zero attached hydrogens (tertiary/aromatic N) is 1. The molecule has 1 heterocycles. The summed E-state index contributed by atoms with van der Waals surface area (Å²) in [5.41, 5.74) is 2.34. The van der Waals surface area contributed by atoms with Crippen LogP contribution in [0.4, 0.5) is 5.69 Å². The standard InChI is InChI=1S/C17H26N2O/c1-12(2)14-7-9-15(10-8-14)19-11-5-6-16(17(19)20)18-13(3)4/h7-10,12-13,16,18H,5-6,11H2,1-4H3. The van der Waals surface area contributed by atoms with E-state index in [0.29, 0.717) is 12.0 Å². The maximum absolute atomic E-state index is 12.5. The minimum atomic E-state index is -0.0338. The van der Waals surface area contributed by atoms with Crippen molar-refractivity contribution in [3.63, 3.8) is 0 Å². The molecule has 0 bridgehead atoms. The average molecular weight is 274 g/mol. The number of hydrogen-bond donors (Lipinski definition) is 1. The summed E-state index contributed by atoms with van der Waals surface area (Å²) < 4.78 is 0. The third kappa shape index (κ3) is 3.40. The van der Waals surface area contributed by atoms with Crippen LogP contribution in [0.5, 0.6) is 0 Å². The molecule has 1 saturated heterocycles. The maximum atomic E-state index is 12.5. The molecule has 1 fully saturated rings. The van der Waals surface area contributed by atoms with Crippen LogP contribution in [0.15, 0.2) is 24.3 Å². The Labute approximate surface area is 122 Å². The summed E-state index contributed by atoms with van der Waals surface area (Å²) in [6, 6.07) is 8.72. The Hall–Kier alpha value is -1.35. The van der Waals surface area contributed by atoms with E-state index in [1.165, 1.54) is 5.56 Å². The fourth-order valence-corrected chi connectivity index (χ4v) is 2.73. The Balaban J connectivity index is 2.12. The quantitative estimate of drug-likeness (QED) is 0.913. The van der Waals surface area contributed by atoms with Crippen LogP contribution in [0.3, 0.4) is 0 Å². The molecule has 3 nitrogen and oxygen atoms in total. The summed E-state index contributed by atoms with van der Waals surface area (Å²) in [6.45, 7) is 9.37. The van der Waals surface area contributed by atoms with Gasteiger partial charge in [-0.1, -0.05) is 39.8 Å². The van der Waals surface area contributed by atoms with Crippen molar-refractivity contribution in [1.29, 1.82) is 0 Å². The van der Waals surface area contributed by atoms with Gasteiger partial charge in [0.1, 0.15) is 0 Å². The number of carbonyl (C=O) groups excluding carboxylic acids is 1. The fourth-order valence-electron chi connectivity index (χ4n) is 2.73. The fraction of sp³-hybridized carbons (Fsp3) is 0.588. The number of carbonyl (C=O) groups is 1. The summed E-state index contributed by atoms with van der Waals surface area (Å²) >= 11 is 0. The maximum Gasteiger partial charge on any atom is 0.244 e. The van der Waals surface area contributed by atoms with Crippen molar-refractivity contribution in [2.24, 2.45) is 0 Å². The van der Waals surface area contributed by atoms with E-state index in [9.17, 15) is 4.79 Å². The molecule has 1 unspecified atom stereocenters. The van der Waals surface area contributed by atoms with E-state index in [0.717, 1.165) is 25.1 Å². The highest BCUT2D eigenvalue weighted by Gasteiger charge is 2.29. The topological polar surface area (TPSA) is 32.3 Å². The molecule has 1 aliphatic rings. The van der Waals surface area contributed by atoms with E-state index in [1.807, 2.05) is 4.90 Å². The molecular weight excluding hydrogens is 248 g/mol. The van der Waals surface area contributed by atoms with Crippen LogP contribution in [0.25, 0.3) is 0 Å². The van der Waals surface area contributed by atoms with Gasteiger partial charge in [-0.3, -0.25) is 4.79 Å². The summed E-state index contributed by atoms with van der Waals surface area (Å²) in [5.74, 6) is 0.735. The molecule has 1 aliphatic heterocycles. The Morgan fingerprint density at radius 1 is 1.15 bits per heavy atom. The lowest BCUT2D eigenvalue weighted by Gasteiger charge is -2.33. The molecule has 1 amide bonds. The summed E-state index contributed by atoms with van der Waals surface area (Å²) in [6.07, 6.45) is 2.00. The molecule has 1 aromatic rings. The minimum Gasteiger partial charge on any atom is -0.311 e. The van der Waals surface area contributed by atoms with Gasteiger partial charge in [0, 0.05) is 18.3 Å². The molecule has 20 heavy (non-hydrogen) atoms. The summed E-state index contributed by atoms with van der Waals surface area (Å²) in [4.78, 5) is 14.5. The average Bonchev–Trinajstić information content (AvgIpc) is 2.41. The van der Waals surface area contributed by atoms with E-state index in [4.69, 9.17) is 0 Å². The van der Waals surface area contributed by atoms with Crippen molar-refractivity contribution in [1.82, 2.24) is 5.32 Å². The number of hydrogen-bond acceptors (Lipinski definition) is 2. The smallest absolute Gasteiger partial charge is 0.244 e. The molecule has 0 aromatic heterocycles. The van der Waals surface area contributed by atoms with Crippen LogP contribution in [0, 0.1) is 0 Å². The van der Waals surface area contributed by atoms with Gasteiger partial charge in [0.05, 0.1) is 6.04 Å². The number of anilines is 1. The van der Waals surface area contributed by atoms with Gasteiger partial charge < -0.3 is 10.2 Å². The molecular formula is C17H26N2O. The van der Waals surface area contributed by atoms with Gasteiger partial charge in [-0.15, -0.1) is 0 Å². The van der Waals surface area contributed by atoms with Crippen molar-refractivity contribution in [3.05, 3.63) is 29.8 Å². The van der Waals surface area contributed by atoms with Gasteiger partial charge in [0.15, 0.2) is 0 Å². The highest BCUT2D eigenvalue weighted by Crippen LogP contribution is 2.24. The molecule has 110 valence electrons. The van der Waals surface area contributed by atoms with Gasteiger partial charge in [-0.2, -0.15) is 0 Å². The van der Waals surface area contributed by atoms with Crippen molar-refractivity contribution < 1.29 is 4.79 Å². The van der Waals surface area contributed by atoms with Gasteiger partial charge in [0.2, 0.25) is 5.91 Å². The Kier molecular flexibility index (Phi) is 4.81. The van der Waals surface area contributed by atoms with Crippen LogP contribution >= 0.6 is 0 Å². The SMILES string of the molecule is CC(C)NC1CCCN(c2ccc(C(C)C)cc2)C1=O. The van der Waals surface area contributed by atoms with E-state index in [-0.39, 0.29) is 11.9 Å². The van der Waals surface area contributed by atoms with Gasteiger partial charge in [-0.25, -0.2) is 0 Å². The van der Waals surface area contributed by atoms with Crippen LogP contribution in [-0.2, 0) is 4.79 Å². The van der Waals surface area contributed by atoms with Crippen molar-refractivity contribution in [2.45, 2.75) is 58.5 Å².